The van der Waals surface area contributed by atoms with Crippen LogP contribution in [0.25, 0.3) is 0 Å². The molecule has 4 N–H and O–H groups in total. The molecule has 9 nitrogen and oxygen atoms in total. The second kappa shape index (κ2) is 6.67. The summed E-state index contributed by atoms with van der Waals surface area (Å²) in [5.74, 6) is 0.252. The normalized spacial score (nSPS) is 11.9. The molecule has 0 radical (unpaired) electrons. The number of aliphatic hydroxyl groups is 2. The second-order valence-electron chi connectivity index (χ2n) is 3.43. The quantitative estimate of drug-likeness (QED) is 0.382. The predicted octanol–water partition coefficient (Wildman–Crippen LogP) is -0.418. The Bertz CT molecular complexity index is 414. The summed E-state index contributed by atoms with van der Waals surface area (Å²) in [5.41, 5.74) is -0.290. The van der Waals surface area contributed by atoms with Crippen molar-refractivity contribution < 1.29 is 15.1 Å². The first kappa shape index (κ1) is 14.1. The molecule has 0 aliphatic carbocycles. The topological polar surface area (TPSA) is 133 Å². The summed E-state index contributed by atoms with van der Waals surface area (Å²) in [6.45, 7) is 1.94. The van der Waals surface area contributed by atoms with Gasteiger partial charge in [-0.1, -0.05) is 0 Å². The van der Waals surface area contributed by atoms with Gasteiger partial charge in [0.2, 0.25) is 11.8 Å². The van der Waals surface area contributed by atoms with E-state index in [1.54, 1.807) is 0 Å². The smallest absolute Gasteiger partial charge is 0.329 e. The molecule has 100 valence electrons. The number of nitrogens with one attached hydrogen (secondary N) is 2. The van der Waals surface area contributed by atoms with Gasteiger partial charge in [-0.25, -0.2) is 4.98 Å². The Morgan fingerprint density at radius 1 is 1.56 bits per heavy atom. The monoisotopic (exact) mass is 257 g/mol. The van der Waals surface area contributed by atoms with Crippen LogP contribution >= 0.6 is 0 Å². The fourth-order valence-corrected chi connectivity index (χ4v) is 1.16. The molecule has 1 unspecified atom stereocenters. The highest BCUT2D eigenvalue weighted by molar-refractivity contribution is 5.56. The summed E-state index contributed by atoms with van der Waals surface area (Å²) in [4.78, 5) is 17.8. The molecule has 0 saturated carbocycles. The van der Waals surface area contributed by atoms with E-state index in [2.05, 4.69) is 20.6 Å². The minimum absolute atomic E-state index is 0.00144. The van der Waals surface area contributed by atoms with Crippen LogP contribution in [0.15, 0.2) is 6.20 Å². The van der Waals surface area contributed by atoms with Gasteiger partial charge in [0.15, 0.2) is 0 Å². The second-order valence-corrected chi connectivity index (χ2v) is 3.43. The van der Waals surface area contributed by atoms with Crippen LogP contribution in [-0.2, 0) is 0 Å². The minimum atomic E-state index is -1.01. The van der Waals surface area contributed by atoms with E-state index in [1.807, 2.05) is 6.92 Å². The van der Waals surface area contributed by atoms with Crippen LogP contribution in [0.3, 0.4) is 0 Å². The number of nitro groups is 1. The van der Waals surface area contributed by atoms with E-state index in [0.29, 0.717) is 6.54 Å². The third kappa shape index (κ3) is 3.79. The minimum Gasteiger partial charge on any atom is -0.394 e. The van der Waals surface area contributed by atoms with Gasteiger partial charge in [-0.05, 0) is 6.92 Å². The summed E-state index contributed by atoms with van der Waals surface area (Å²) in [5, 5.41) is 34.0. The van der Waals surface area contributed by atoms with Gasteiger partial charge in [-0.3, -0.25) is 10.1 Å². The Hall–Kier alpha value is -2.00. The van der Waals surface area contributed by atoms with Gasteiger partial charge in [0.1, 0.15) is 6.20 Å². The first-order valence-corrected chi connectivity index (χ1v) is 5.36. The standard InChI is InChI=1S/C9H15N5O4/c1-2-10-9-12-4-7(14(17)18)8(13-9)11-3-6(16)5-15/h4,6,15-16H,2-3,5H2,1H3,(H2,10,11,12,13). The maximum Gasteiger partial charge on any atom is 0.329 e. The largest absolute Gasteiger partial charge is 0.394 e. The first-order valence-electron chi connectivity index (χ1n) is 5.36. The average molecular weight is 257 g/mol. The molecule has 0 amide bonds. The van der Waals surface area contributed by atoms with Crippen molar-refractivity contribution >= 4 is 17.5 Å². The molecule has 9 heteroatoms. The van der Waals surface area contributed by atoms with E-state index >= 15 is 0 Å². The molecule has 0 bridgehead atoms. The lowest BCUT2D eigenvalue weighted by Crippen LogP contribution is -2.24. The number of hydrogen-bond donors (Lipinski definition) is 4. The van der Waals surface area contributed by atoms with Crippen LogP contribution < -0.4 is 10.6 Å². The number of anilines is 2. The van der Waals surface area contributed by atoms with E-state index < -0.39 is 17.6 Å². The number of aliphatic hydroxyl groups excluding tert-OH is 2. The Balaban J connectivity index is 2.89. The number of rotatable bonds is 7. The van der Waals surface area contributed by atoms with Gasteiger partial charge >= 0.3 is 5.69 Å². The molecule has 0 aliphatic rings. The molecule has 0 saturated heterocycles. The molecule has 1 rings (SSSR count). The van der Waals surface area contributed by atoms with Crippen molar-refractivity contribution in [1.29, 1.82) is 0 Å². The van der Waals surface area contributed by atoms with Crippen LogP contribution in [0.5, 0.6) is 0 Å². The highest BCUT2D eigenvalue weighted by Gasteiger charge is 2.17. The molecule has 1 aromatic heterocycles. The third-order valence-electron chi connectivity index (χ3n) is 2.02. The van der Waals surface area contributed by atoms with Crippen LogP contribution in [0.4, 0.5) is 17.5 Å². The predicted molar refractivity (Wildman–Crippen MR) is 64.4 cm³/mol. The van der Waals surface area contributed by atoms with Crippen LogP contribution in [0, 0.1) is 10.1 Å². The zero-order valence-electron chi connectivity index (χ0n) is 9.83. The van der Waals surface area contributed by atoms with Gasteiger partial charge in [-0.15, -0.1) is 0 Å². The van der Waals surface area contributed by atoms with Gasteiger partial charge in [0, 0.05) is 13.1 Å². The summed E-state index contributed by atoms with van der Waals surface area (Å²) >= 11 is 0. The van der Waals surface area contributed by atoms with Gasteiger partial charge in [0.05, 0.1) is 17.6 Å². The fraction of sp³-hybridized carbons (Fsp3) is 0.556. The molecular weight excluding hydrogens is 242 g/mol. The van der Waals surface area contributed by atoms with E-state index in [4.69, 9.17) is 5.11 Å². The van der Waals surface area contributed by atoms with Crippen molar-refractivity contribution in [2.75, 3.05) is 30.3 Å². The van der Waals surface area contributed by atoms with E-state index in [-0.39, 0.29) is 24.0 Å². The molecule has 1 atom stereocenters. The Kier molecular flexibility index (Phi) is 5.21. The molecule has 1 heterocycles. The summed E-state index contributed by atoms with van der Waals surface area (Å²) < 4.78 is 0. The van der Waals surface area contributed by atoms with Gasteiger partial charge in [0.25, 0.3) is 0 Å². The Morgan fingerprint density at radius 2 is 2.28 bits per heavy atom. The first-order chi connectivity index (χ1) is 8.58. The SMILES string of the molecule is CCNc1ncc([N+](=O)[O-])c(NCC(O)CO)n1. The highest BCUT2D eigenvalue weighted by Crippen LogP contribution is 2.21. The number of hydrogen-bond acceptors (Lipinski definition) is 8. The van der Waals surface area contributed by atoms with E-state index in [9.17, 15) is 15.2 Å². The van der Waals surface area contributed by atoms with Crippen LogP contribution in [0.2, 0.25) is 0 Å². The number of nitrogens with zero attached hydrogens (tertiary/aromatic N) is 3. The molecule has 0 aromatic carbocycles. The molecule has 18 heavy (non-hydrogen) atoms. The molecule has 0 aliphatic heterocycles. The zero-order valence-corrected chi connectivity index (χ0v) is 9.83. The van der Waals surface area contributed by atoms with Gasteiger partial charge in [-0.2, -0.15) is 4.98 Å². The lowest BCUT2D eigenvalue weighted by atomic mass is 10.3. The van der Waals surface area contributed by atoms with Crippen molar-refractivity contribution in [2.24, 2.45) is 0 Å². The van der Waals surface area contributed by atoms with Crippen molar-refractivity contribution in [1.82, 2.24) is 9.97 Å². The number of aromatic nitrogens is 2. The Labute approximate surface area is 103 Å². The average Bonchev–Trinajstić information content (AvgIpc) is 2.36. The molecule has 1 aromatic rings. The zero-order chi connectivity index (χ0) is 13.5. The molecule has 0 fully saturated rings. The maximum absolute atomic E-state index is 10.8. The fourth-order valence-electron chi connectivity index (χ4n) is 1.16. The lowest BCUT2D eigenvalue weighted by Gasteiger charge is -2.10. The highest BCUT2D eigenvalue weighted by atomic mass is 16.6. The lowest BCUT2D eigenvalue weighted by molar-refractivity contribution is -0.384. The van der Waals surface area contributed by atoms with Crippen molar-refractivity contribution in [2.45, 2.75) is 13.0 Å². The van der Waals surface area contributed by atoms with Gasteiger partial charge < -0.3 is 20.8 Å². The molecular formula is C9H15N5O4. The Morgan fingerprint density at radius 3 is 2.83 bits per heavy atom. The third-order valence-corrected chi connectivity index (χ3v) is 2.02. The van der Waals surface area contributed by atoms with Crippen LogP contribution in [0.1, 0.15) is 6.92 Å². The summed E-state index contributed by atoms with van der Waals surface area (Å²) in [6, 6.07) is 0. The van der Waals surface area contributed by atoms with Crippen LogP contribution in [-0.4, -0.2) is 50.9 Å². The summed E-state index contributed by atoms with van der Waals surface area (Å²) in [7, 11) is 0. The van der Waals surface area contributed by atoms with E-state index in [0.717, 1.165) is 6.20 Å². The molecule has 0 spiro atoms. The van der Waals surface area contributed by atoms with Crippen molar-refractivity contribution in [3.05, 3.63) is 16.3 Å². The van der Waals surface area contributed by atoms with Crippen molar-refractivity contribution in [3.63, 3.8) is 0 Å². The summed E-state index contributed by atoms with van der Waals surface area (Å²) in [6.07, 6.45) is 0.0701. The van der Waals surface area contributed by atoms with Crippen molar-refractivity contribution in [3.8, 4) is 0 Å². The van der Waals surface area contributed by atoms with E-state index in [1.165, 1.54) is 0 Å². The maximum atomic E-state index is 10.8.